The van der Waals surface area contributed by atoms with Crippen LogP contribution in [0.15, 0.2) is 88.8 Å². The molecule has 1 heterocycles. The van der Waals surface area contributed by atoms with Crippen LogP contribution in [0.25, 0.3) is 22.3 Å². The summed E-state index contributed by atoms with van der Waals surface area (Å²) in [6.07, 6.45) is 1.73. The third kappa shape index (κ3) is 4.09. The van der Waals surface area contributed by atoms with Crippen LogP contribution in [0.1, 0.15) is 19.4 Å². The molecule has 0 spiro atoms. The predicted octanol–water partition coefficient (Wildman–Crippen LogP) is 4.73. The van der Waals surface area contributed by atoms with E-state index in [0.29, 0.717) is 16.7 Å². The molecule has 0 saturated carbocycles. The van der Waals surface area contributed by atoms with Crippen molar-refractivity contribution in [2.75, 3.05) is 0 Å². The van der Waals surface area contributed by atoms with Gasteiger partial charge in [-0.15, -0.1) is 0 Å². The van der Waals surface area contributed by atoms with Crippen LogP contribution in [0.3, 0.4) is 0 Å². The van der Waals surface area contributed by atoms with E-state index in [-0.39, 0.29) is 11.7 Å². The SMILES string of the molecule is CC(C)Oc1cccc(/C=N/n2c(-c3ccccc3)nc3ccccc3c2=O)c1. The van der Waals surface area contributed by atoms with Crippen molar-refractivity contribution in [1.82, 2.24) is 9.66 Å². The van der Waals surface area contributed by atoms with E-state index in [2.05, 4.69) is 5.10 Å². The molecule has 4 rings (SSSR count). The minimum absolute atomic E-state index is 0.0826. The number of rotatable bonds is 5. The maximum Gasteiger partial charge on any atom is 0.282 e. The van der Waals surface area contributed by atoms with Gasteiger partial charge in [-0.25, -0.2) is 4.98 Å². The zero-order valence-electron chi connectivity index (χ0n) is 16.3. The largest absolute Gasteiger partial charge is 0.491 e. The van der Waals surface area contributed by atoms with Gasteiger partial charge in [0.2, 0.25) is 0 Å². The lowest BCUT2D eigenvalue weighted by molar-refractivity contribution is 0.242. The summed E-state index contributed by atoms with van der Waals surface area (Å²) < 4.78 is 7.09. The molecule has 0 bridgehead atoms. The zero-order valence-corrected chi connectivity index (χ0v) is 16.3. The van der Waals surface area contributed by atoms with Gasteiger partial charge < -0.3 is 4.74 Å². The molecule has 0 unspecified atom stereocenters. The number of ether oxygens (including phenoxy) is 1. The molecule has 0 fully saturated rings. The summed E-state index contributed by atoms with van der Waals surface area (Å²) in [6.45, 7) is 3.96. The summed E-state index contributed by atoms with van der Waals surface area (Å²) in [5, 5.41) is 5.01. The summed E-state index contributed by atoms with van der Waals surface area (Å²) in [5.41, 5.74) is 2.10. The van der Waals surface area contributed by atoms with Gasteiger partial charge in [0.25, 0.3) is 5.56 Å². The number of hydrogen-bond donors (Lipinski definition) is 0. The van der Waals surface area contributed by atoms with Crippen LogP contribution in [-0.2, 0) is 0 Å². The average molecular weight is 383 g/mol. The second kappa shape index (κ2) is 8.10. The third-order valence-corrected chi connectivity index (χ3v) is 4.34. The quantitative estimate of drug-likeness (QED) is 0.468. The highest BCUT2D eigenvalue weighted by molar-refractivity contribution is 5.82. The van der Waals surface area contributed by atoms with Crippen LogP contribution >= 0.6 is 0 Å². The number of hydrogen-bond acceptors (Lipinski definition) is 4. The van der Waals surface area contributed by atoms with E-state index in [4.69, 9.17) is 9.72 Å². The van der Waals surface area contributed by atoms with Crippen molar-refractivity contribution >= 4 is 17.1 Å². The summed E-state index contributed by atoms with van der Waals surface area (Å²) in [6, 6.07) is 24.5. The van der Waals surface area contributed by atoms with E-state index in [0.717, 1.165) is 16.9 Å². The van der Waals surface area contributed by atoms with Crippen molar-refractivity contribution < 1.29 is 4.74 Å². The Balaban J connectivity index is 1.83. The van der Waals surface area contributed by atoms with Gasteiger partial charge in [-0.2, -0.15) is 9.78 Å². The Kier molecular flexibility index (Phi) is 5.20. The normalized spacial score (nSPS) is 11.4. The Labute approximate surface area is 168 Å². The smallest absolute Gasteiger partial charge is 0.282 e. The molecule has 0 aliphatic heterocycles. The van der Waals surface area contributed by atoms with Crippen molar-refractivity contribution in [2.45, 2.75) is 20.0 Å². The zero-order chi connectivity index (χ0) is 20.2. The molecule has 4 aromatic rings. The topological polar surface area (TPSA) is 56.5 Å². The number of aromatic nitrogens is 2. The van der Waals surface area contributed by atoms with Gasteiger partial charge in [0.15, 0.2) is 5.82 Å². The van der Waals surface area contributed by atoms with Gasteiger partial charge in [0, 0.05) is 5.56 Å². The van der Waals surface area contributed by atoms with Crippen LogP contribution in [0.5, 0.6) is 5.75 Å². The molecular formula is C24H21N3O2. The summed E-state index contributed by atoms with van der Waals surface area (Å²) >= 11 is 0. The first-order chi connectivity index (χ1) is 14.1. The van der Waals surface area contributed by atoms with Gasteiger partial charge in [-0.3, -0.25) is 4.79 Å². The third-order valence-electron chi connectivity index (χ3n) is 4.34. The molecule has 0 aliphatic rings. The lowest BCUT2D eigenvalue weighted by atomic mass is 10.2. The maximum absolute atomic E-state index is 13.1. The molecule has 0 N–H and O–H groups in total. The number of benzene rings is 3. The first-order valence-electron chi connectivity index (χ1n) is 9.50. The molecule has 29 heavy (non-hydrogen) atoms. The van der Waals surface area contributed by atoms with Crippen LogP contribution < -0.4 is 10.3 Å². The lowest BCUT2D eigenvalue weighted by Gasteiger charge is -2.10. The van der Waals surface area contributed by atoms with E-state index in [1.54, 1.807) is 12.3 Å². The molecule has 3 aromatic carbocycles. The Bertz CT molecular complexity index is 1230. The first kappa shape index (κ1) is 18.6. The molecule has 1 aromatic heterocycles. The molecule has 0 amide bonds. The summed E-state index contributed by atoms with van der Waals surface area (Å²) in [4.78, 5) is 17.8. The molecule has 0 radical (unpaired) electrons. The summed E-state index contributed by atoms with van der Waals surface area (Å²) in [5.74, 6) is 1.26. The van der Waals surface area contributed by atoms with Crippen LogP contribution in [0.4, 0.5) is 0 Å². The minimum atomic E-state index is -0.208. The highest BCUT2D eigenvalue weighted by atomic mass is 16.5. The molecule has 0 aliphatic carbocycles. The highest BCUT2D eigenvalue weighted by Gasteiger charge is 2.12. The maximum atomic E-state index is 13.1. The fourth-order valence-corrected chi connectivity index (χ4v) is 3.07. The van der Waals surface area contributed by atoms with E-state index < -0.39 is 0 Å². The van der Waals surface area contributed by atoms with Crippen molar-refractivity contribution in [1.29, 1.82) is 0 Å². The van der Waals surface area contributed by atoms with Gasteiger partial charge in [-0.05, 0) is 43.7 Å². The van der Waals surface area contributed by atoms with Crippen molar-refractivity contribution in [3.8, 4) is 17.1 Å². The number of para-hydroxylation sites is 1. The molecule has 5 nitrogen and oxygen atoms in total. The number of nitrogens with zero attached hydrogens (tertiary/aromatic N) is 3. The van der Waals surface area contributed by atoms with Gasteiger partial charge in [-0.1, -0.05) is 54.6 Å². The molecule has 5 heteroatoms. The van der Waals surface area contributed by atoms with Crippen LogP contribution in [0, 0.1) is 0 Å². The van der Waals surface area contributed by atoms with Crippen molar-refractivity contribution in [3.63, 3.8) is 0 Å². The fraction of sp³-hybridized carbons (Fsp3) is 0.125. The first-order valence-corrected chi connectivity index (χ1v) is 9.50. The molecule has 144 valence electrons. The second-order valence-electron chi connectivity index (χ2n) is 6.92. The van der Waals surface area contributed by atoms with Crippen LogP contribution in [0.2, 0.25) is 0 Å². The van der Waals surface area contributed by atoms with E-state index in [9.17, 15) is 4.79 Å². The molecular weight excluding hydrogens is 362 g/mol. The van der Waals surface area contributed by atoms with E-state index in [1.165, 1.54) is 4.68 Å². The Hall–Kier alpha value is -3.73. The summed E-state index contributed by atoms with van der Waals surface area (Å²) in [7, 11) is 0. The van der Waals surface area contributed by atoms with E-state index in [1.807, 2.05) is 86.6 Å². The predicted molar refractivity (Wildman–Crippen MR) is 117 cm³/mol. The fourth-order valence-electron chi connectivity index (χ4n) is 3.07. The highest BCUT2D eigenvalue weighted by Crippen LogP contribution is 2.19. The van der Waals surface area contributed by atoms with Gasteiger partial charge in [0.05, 0.1) is 23.2 Å². The Morgan fingerprint density at radius 3 is 2.52 bits per heavy atom. The van der Waals surface area contributed by atoms with Crippen molar-refractivity contribution in [2.24, 2.45) is 5.10 Å². The minimum Gasteiger partial charge on any atom is -0.491 e. The van der Waals surface area contributed by atoms with Gasteiger partial charge >= 0.3 is 0 Å². The van der Waals surface area contributed by atoms with Crippen molar-refractivity contribution in [3.05, 3.63) is 94.8 Å². The van der Waals surface area contributed by atoms with Gasteiger partial charge in [0.1, 0.15) is 5.75 Å². The van der Waals surface area contributed by atoms with Crippen LogP contribution in [-0.4, -0.2) is 22.0 Å². The Morgan fingerprint density at radius 2 is 1.72 bits per heavy atom. The average Bonchev–Trinajstić information content (AvgIpc) is 2.73. The monoisotopic (exact) mass is 383 g/mol. The molecule has 0 saturated heterocycles. The molecule has 0 atom stereocenters. The number of fused-ring (bicyclic) bond motifs is 1. The second-order valence-corrected chi connectivity index (χ2v) is 6.92. The lowest BCUT2D eigenvalue weighted by Crippen LogP contribution is -2.20. The Morgan fingerprint density at radius 1 is 0.966 bits per heavy atom. The standard InChI is InChI=1S/C24H21N3O2/c1-17(2)29-20-12-8-9-18(15-20)16-25-27-23(19-10-4-3-5-11-19)26-22-14-7-6-13-21(22)24(27)28/h3-17H,1-2H3/b25-16+. The van der Waals surface area contributed by atoms with E-state index >= 15 is 0 Å².